The first-order chi connectivity index (χ1) is 8.11. The highest BCUT2D eigenvalue weighted by molar-refractivity contribution is 9.10. The molecule has 3 heteroatoms. The Morgan fingerprint density at radius 3 is 2.65 bits per heavy atom. The molecule has 0 saturated heterocycles. The molecule has 0 amide bonds. The van der Waals surface area contributed by atoms with E-state index < -0.39 is 5.60 Å². The molecule has 94 valence electrons. The molecule has 0 bridgehead atoms. The van der Waals surface area contributed by atoms with Crippen LogP contribution in [0.25, 0.3) is 0 Å². The van der Waals surface area contributed by atoms with Crippen molar-refractivity contribution in [3.63, 3.8) is 0 Å². The molecule has 17 heavy (non-hydrogen) atoms. The molecular formula is C14H20BrNO. The topological polar surface area (TPSA) is 33.1 Å². The Morgan fingerprint density at radius 1 is 1.41 bits per heavy atom. The van der Waals surface area contributed by atoms with Crippen molar-refractivity contribution in [3.8, 4) is 0 Å². The van der Waals surface area contributed by atoms with E-state index in [1.807, 2.05) is 12.1 Å². The van der Waals surface area contributed by atoms with Gasteiger partial charge in [-0.3, -0.25) is 4.98 Å². The molecule has 0 spiro atoms. The molecule has 1 N–H and O–H groups in total. The Hall–Kier alpha value is -0.410. The van der Waals surface area contributed by atoms with Crippen molar-refractivity contribution in [1.29, 1.82) is 0 Å². The van der Waals surface area contributed by atoms with Crippen LogP contribution in [0.2, 0.25) is 0 Å². The number of aliphatic hydroxyl groups is 1. The van der Waals surface area contributed by atoms with Gasteiger partial charge in [0, 0.05) is 22.8 Å². The van der Waals surface area contributed by atoms with Crippen molar-refractivity contribution < 1.29 is 5.11 Å². The fourth-order valence-electron chi connectivity index (χ4n) is 2.65. The molecule has 1 fully saturated rings. The van der Waals surface area contributed by atoms with E-state index in [4.69, 9.17) is 0 Å². The maximum Gasteiger partial charge on any atom is 0.0703 e. The van der Waals surface area contributed by atoms with Gasteiger partial charge in [-0.25, -0.2) is 0 Å². The normalized spacial score (nSPS) is 29.2. The predicted molar refractivity (Wildman–Crippen MR) is 72.8 cm³/mol. The van der Waals surface area contributed by atoms with E-state index in [0.29, 0.717) is 6.42 Å². The molecule has 2 nitrogen and oxygen atoms in total. The summed E-state index contributed by atoms with van der Waals surface area (Å²) in [6, 6.07) is 3.98. The van der Waals surface area contributed by atoms with E-state index in [0.717, 1.165) is 41.8 Å². The zero-order valence-corrected chi connectivity index (χ0v) is 11.9. The first-order valence-electron chi connectivity index (χ1n) is 6.44. The Labute approximate surface area is 112 Å². The van der Waals surface area contributed by atoms with Gasteiger partial charge in [0.1, 0.15) is 0 Å². The van der Waals surface area contributed by atoms with Crippen LogP contribution < -0.4 is 0 Å². The van der Waals surface area contributed by atoms with Crippen LogP contribution in [0.4, 0.5) is 0 Å². The van der Waals surface area contributed by atoms with Gasteiger partial charge in [-0.2, -0.15) is 0 Å². The Balaban J connectivity index is 1.96. The Kier molecular flexibility index (Phi) is 4.21. The minimum Gasteiger partial charge on any atom is -0.389 e. The van der Waals surface area contributed by atoms with E-state index >= 15 is 0 Å². The monoisotopic (exact) mass is 297 g/mol. The van der Waals surface area contributed by atoms with Crippen LogP contribution in [0.15, 0.2) is 22.8 Å². The van der Waals surface area contributed by atoms with Gasteiger partial charge >= 0.3 is 0 Å². The second kappa shape index (κ2) is 5.49. The number of nitrogens with zero attached hydrogens (tertiary/aromatic N) is 1. The number of halogens is 1. The summed E-state index contributed by atoms with van der Waals surface area (Å²) in [6.45, 7) is 2.24. The number of hydrogen-bond donors (Lipinski definition) is 1. The number of aromatic nitrogens is 1. The highest BCUT2D eigenvalue weighted by atomic mass is 79.9. The van der Waals surface area contributed by atoms with Crippen LogP contribution in [-0.2, 0) is 6.42 Å². The summed E-state index contributed by atoms with van der Waals surface area (Å²) in [7, 11) is 0. The van der Waals surface area contributed by atoms with E-state index in [1.54, 1.807) is 6.20 Å². The Bertz CT molecular complexity index is 355. The SMILES string of the molecule is CCC1CCC(O)(Cc2ccc(Br)cn2)CC1. The average Bonchev–Trinajstić information content (AvgIpc) is 2.33. The second-order valence-electron chi connectivity index (χ2n) is 5.22. The molecule has 1 heterocycles. The smallest absolute Gasteiger partial charge is 0.0703 e. The number of rotatable bonds is 3. The maximum atomic E-state index is 10.6. The van der Waals surface area contributed by atoms with Crippen molar-refractivity contribution in [1.82, 2.24) is 4.98 Å². The van der Waals surface area contributed by atoms with Crippen LogP contribution in [-0.4, -0.2) is 15.7 Å². The van der Waals surface area contributed by atoms with Gasteiger partial charge in [-0.15, -0.1) is 0 Å². The minimum atomic E-state index is -0.521. The average molecular weight is 298 g/mol. The lowest BCUT2D eigenvalue weighted by molar-refractivity contribution is -0.00997. The van der Waals surface area contributed by atoms with Gasteiger partial charge in [0.05, 0.1) is 5.60 Å². The van der Waals surface area contributed by atoms with Gasteiger partial charge in [0.25, 0.3) is 0 Å². The fraction of sp³-hybridized carbons (Fsp3) is 0.643. The molecule has 0 aliphatic heterocycles. The van der Waals surface area contributed by atoms with Crippen molar-refractivity contribution in [2.75, 3.05) is 0 Å². The van der Waals surface area contributed by atoms with Crippen LogP contribution in [0.1, 0.15) is 44.7 Å². The standard InChI is InChI=1S/C14H20BrNO/c1-2-11-5-7-14(17,8-6-11)9-13-4-3-12(15)10-16-13/h3-4,10-11,17H,2,5-9H2,1H3. The molecule has 0 unspecified atom stereocenters. The van der Waals surface area contributed by atoms with Crippen molar-refractivity contribution >= 4 is 15.9 Å². The summed E-state index contributed by atoms with van der Waals surface area (Å²) in [5.74, 6) is 0.813. The van der Waals surface area contributed by atoms with Crippen LogP contribution in [0.5, 0.6) is 0 Å². The predicted octanol–water partition coefficient (Wildman–Crippen LogP) is 3.72. The van der Waals surface area contributed by atoms with Gasteiger partial charge in [-0.05, 0) is 59.7 Å². The van der Waals surface area contributed by atoms with E-state index in [9.17, 15) is 5.11 Å². The first-order valence-corrected chi connectivity index (χ1v) is 7.23. The summed E-state index contributed by atoms with van der Waals surface area (Å²) in [6.07, 6.45) is 7.89. The van der Waals surface area contributed by atoms with Crippen LogP contribution in [0, 0.1) is 5.92 Å². The lowest BCUT2D eigenvalue weighted by atomic mass is 9.76. The zero-order chi connectivity index (χ0) is 12.3. The molecule has 2 rings (SSSR count). The van der Waals surface area contributed by atoms with Crippen LogP contribution in [0.3, 0.4) is 0 Å². The van der Waals surface area contributed by atoms with Gasteiger partial charge in [-0.1, -0.05) is 13.3 Å². The van der Waals surface area contributed by atoms with Crippen molar-refractivity contribution in [2.45, 2.75) is 51.0 Å². The summed E-state index contributed by atoms with van der Waals surface area (Å²) in [5, 5.41) is 10.6. The third-order valence-electron chi connectivity index (χ3n) is 3.91. The molecule has 1 aromatic heterocycles. The van der Waals surface area contributed by atoms with Crippen molar-refractivity contribution in [2.24, 2.45) is 5.92 Å². The molecule has 1 aliphatic rings. The first kappa shape index (κ1) is 13.0. The maximum absolute atomic E-state index is 10.6. The van der Waals surface area contributed by atoms with Gasteiger partial charge in [0.2, 0.25) is 0 Å². The van der Waals surface area contributed by atoms with E-state index in [1.165, 1.54) is 6.42 Å². The summed E-state index contributed by atoms with van der Waals surface area (Å²) in [4.78, 5) is 4.35. The summed E-state index contributed by atoms with van der Waals surface area (Å²) < 4.78 is 0.989. The minimum absolute atomic E-state index is 0.521. The van der Waals surface area contributed by atoms with E-state index in [2.05, 4.69) is 27.8 Å². The largest absolute Gasteiger partial charge is 0.389 e. The van der Waals surface area contributed by atoms with Gasteiger partial charge in [0.15, 0.2) is 0 Å². The number of hydrogen-bond acceptors (Lipinski definition) is 2. The second-order valence-corrected chi connectivity index (χ2v) is 6.14. The third kappa shape index (κ3) is 3.52. The molecule has 0 atom stereocenters. The molecule has 1 aromatic rings. The lowest BCUT2D eigenvalue weighted by Gasteiger charge is -2.35. The molecule has 1 saturated carbocycles. The van der Waals surface area contributed by atoms with Crippen molar-refractivity contribution in [3.05, 3.63) is 28.5 Å². The summed E-state index contributed by atoms with van der Waals surface area (Å²) >= 11 is 3.38. The third-order valence-corrected chi connectivity index (χ3v) is 4.38. The lowest BCUT2D eigenvalue weighted by Crippen LogP contribution is -2.36. The Morgan fingerprint density at radius 2 is 2.12 bits per heavy atom. The number of pyridine rings is 1. The molecule has 0 radical (unpaired) electrons. The fourth-order valence-corrected chi connectivity index (χ4v) is 2.88. The zero-order valence-electron chi connectivity index (χ0n) is 10.3. The molecular weight excluding hydrogens is 278 g/mol. The van der Waals surface area contributed by atoms with E-state index in [-0.39, 0.29) is 0 Å². The quantitative estimate of drug-likeness (QED) is 0.922. The molecule has 0 aromatic carbocycles. The van der Waals surface area contributed by atoms with Gasteiger partial charge < -0.3 is 5.11 Å². The highest BCUT2D eigenvalue weighted by Crippen LogP contribution is 2.35. The van der Waals surface area contributed by atoms with Crippen LogP contribution >= 0.6 is 15.9 Å². The molecule has 1 aliphatic carbocycles. The summed E-state index contributed by atoms with van der Waals surface area (Å²) in [5.41, 5.74) is 0.470. The highest BCUT2D eigenvalue weighted by Gasteiger charge is 2.32.